The van der Waals surface area contributed by atoms with E-state index in [9.17, 15) is 4.79 Å². The number of anilines is 1. The van der Waals surface area contributed by atoms with Gasteiger partial charge in [-0.05, 0) is 32.1 Å². The van der Waals surface area contributed by atoms with E-state index < -0.39 is 0 Å². The first-order valence-electron chi connectivity index (χ1n) is 6.58. The maximum atomic E-state index is 11.6. The van der Waals surface area contributed by atoms with Crippen molar-refractivity contribution >= 4 is 22.4 Å². The number of hydrogen-bond acceptors (Lipinski definition) is 5. The Morgan fingerprint density at radius 1 is 1.56 bits per heavy atom. The van der Waals surface area contributed by atoms with Gasteiger partial charge in [0.2, 0.25) is 0 Å². The second-order valence-electron chi connectivity index (χ2n) is 4.76. The molecule has 2 rings (SSSR count). The summed E-state index contributed by atoms with van der Waals surface area (Å²) in [4.78, 5) is 18.2. The van der Waals surface area contributed by atoms with Gasteiger partial charge in [0, 0.05) is 18.5 Å². The van der Waals surface area contributed by atoms with E-state index in [1.807, 2.05) is 0 Å². The minimum Gasteiger partial charge on any atom is -0.461 e. The fraction of sp³-hybridized carbons (Fsp3) is 0.692. The van der Waals surface area contributed by atoms with Crippen LogP contribution >= 0.6 is 11.3 Å². The average Bonchev–Trinajstić information content (AvgIpc) is 2.74. The zero-order chi connectivity index (χ0) is 13.0. The van der Waals surface area contributed by atoms with Crippen LogP contribution in [0.1, 0.15) is 43.6 Å². The molecule has 100 valence electrons. The lowest BCUT2D eigenvalue weighted by atomic mass is 10.0. The van der Waals surface area contributed by atoms with Crippen LogP contribution in [-0.4, -0.2) is 30.6 Å². The third kappa shape index (κ3) is 3.22. The summed E-state index contributed by atoms with van der Waals surface area (Å²) in [5, 5.41) is 2.74. The van der Waals surface area contributed by atoms with Crippen molar-refractivity contribution in [3.63, 3.8) is 0 Å². The minimum atomic E-state index is -0.316. The Kier molecular flexibility index (Phi) is 4.58. The van der Waals surface area contributed by atoms with Crippen molar-refractivity contribution in [3.8, 4) is 0 Å². The lowest BCUT2D eigenvalue weighted by molar-refractivity contribution is 0.0520. The number of rotatable bonds is 3. The van der Waals surface area contributed by atoms with Crippen LogP contribution in [-0.2, 0) is 4.74 Å². The zero-order valence-corrected chi connectivity index (χ0v) is 11.8. The van der Waals surface area contributed by atoms with Crippen LogP contribution in [0.15, 0.2) is 5.38 Å². The van der Waals surface area contributed by atoms with Gasteiger partial charge in [0.05, 0.1) is 6.61 Å². The molecule has 1 unspecified atom stereocenters. The summed E-state index contributed by atoms with van der Waals surface area (Å²) in [6.45, 7) is 6.58. The molecule has 0 N–H and O–H groups in total. The molecular formula is C13H20N2O2S. The number of ether oxygens (including phenoxy) is 1. The number of carbonyl (C=O) groups excluding carboxylic acids is 1. The highest BCUT2D eigenvalue weighted by Crippen LogP contribution is 2.25. The molecule has 1 aliphatic heterocycles. The molecular weight excluding hydrogens is 248 g/mol. The molecule has 1 aliphatic rings. The molecule has 0 aliphatic carbocycles. The van der Waals surface area contributed by atoms with E-state index >= 15 is 0 Å². The highest BCUT2D eigenvalue weighted by molar-refractivity contribution is 7.13. The van der Waals surface area contributed by atoms with Crippen LogP contribution < -0.4 is 4.90 Å². The SMILES string of the molecule is CCOC(=O)c1csc(N2CCCC(C)CC2)n1. The molecule has 5 heteroatoms. The third-order valence-corrected chi connectivity index (χ3v) is 4.17. The van der Waals surface area contributed by atoms with Gasteiger partial charge in [0.25, 0.3) is 0 Å². The molecule has 0 amide bonds. The van der Waals surface area contributed by atoms with E-state index in [0.717, 1.165) is 24.1 Å². The first kappa shape index (κ1) is 13.3. The Hall–Kier alpha value is -1.10. The predicted octanol–water partition coefficient (Wildman–Crippen LogP) is 2.95. The monoisotopic (exact) mass is 268 g/mol. The maximum Gasteiger partial charge on any atom is 0.357 e. The fourth-order valence-corrected chi connectivity index (χ4v) is 3.01. The highest BCUT2D eigenvalue weighted by atomic mass is 32.1. The van der Waals surface area contributed by atoms with Gasteiger partial charge in [-0.25, -0.2) is 9.78 Å². The maximum absolute atomic E-state index is 11.6. The van der Waals surface area contributed by atoms with Gasteiger partial charge in [-0.2, -0.15) is 0 Å². The standard InChI is InChI=1S/C13H20N2O2S/c1-3-17-12(16)11-9-18-13(14-11)15-7-4-5-10(2)6-8-15/h9-10H,3-8H2,1-2H3. The lowest BCUT2D eigenvalue weighted by Crippen LogP contribution is -2.24. The summed E-state index contributed by atoms with van der Waals surface area (Å²) in [5.41, 5.74) is 0.439. The largest absolute Gasteiger partial charge is 0.461 e. The molecule has 18 heavy (non-hydrogen) atoms. The topological polar surface area (TPSA) is 42.4 Å². The molecule has 2 heterocycles. The van der Waals surface area contributed by atoms with E-state index in [1.165, 1.54) is 30.6 Å². The summed E-state index contributed by atoms with van der Waals surface area (Å²) in [6.07, 6.45) is 3.69. The van der Waals surface area contributed by atoms with Crippen molar-refractivity contribution in [2.24, 2.45) is 5.92 Å². The number of esters is 1. The molecule has 1 saturated heterocycles. The molecule has 0 aromatic carbocycles. The number of hydrogen-bond donors (Lipinski definition) is 0. The Bertz CT molecular complexity index is 405. The van der Waals surface area contributed by atoms with Crippen LogP contribution in [0.4, 0.5) is 5.13 Å². The second kappa shape index (κ2) is 6.18. The molecule has 4 nitrogen and oxygen atoms in total. The van der Waals surface area contributed by atoms with Gasteiger partial charge in [-0.1, -0.05) is 6.92 Å². The van der Waals surface area contributed by atoms with Crippen LogP contribution in [0.2, 0.25) is 0 Å². The van der Waals surface area contributed by atoms with Gasteiger partial charge in [-0.15, -0.1) is 11.3 Å². The van der Waals surface area contributed by atoms with E-state index in [4.69, 9.17) is 4.74 Å². The van der Waals surface area contributed by atoms with Gasteiger partial charge >= 0.3 is 5.97 Å². The Morgan fingerprint density at radius 2 is 2.39 bits per heavy atom. The molecule has 1 aromatic rings. The highest BCUT2D eigenvalue weighted by Gasteiger charge is 2.18. The fourth-order valence-electron chi connectivity index (χ4n) is 2.16. The third-order valence-electron chi connectivity index (χ3n) is 3.26. The number of nitrogens with zero attached hydrogens (tertiary/aromatic N) is 2. The molecule has 0 spiro atoms. The summed E-state index contributed by atoms with van der Waals surface area (Å²) < 4.78 is 4.96. The van der Waals surface area contributed by atoms with Crippen molar-refractivity contribution in [2.45, 2.75) is 33.1 Å². The molecule has 0 bridgehead atoms. The van der Waals surface area contributed by atoms with Gasteiger partial charge < -0.3 is 9.64 Å². The van der Waals surface area contributed by atoms with E-state index in [-0.39, 0.29) is 5.97 Å². The summed E-state index contributed by atoms with van der Waals surface area (Å²) in [7, 11) is 0. The first-order valence-corrected chi connectivity index (χ1v) is 7.46. The smallest absolute Gasteiger partial charge is 0.357 e. The predicted molar refractivity (Wildman–Crippen MR) is 73.3 cm³/mol. The lowest BCUT2D eigenvalue weighted by Gasteiger charge is -2.18. The van der Waals surface area contributed by atoms with E-state index in [1.54, 1.807) is 12.3 Å². The van der Waals surface area contributed by atoms with Gasteiger partial charge in [0.1, 0.15) is 0 Å². The average molecular weight is 268 g/mol. The first-order chi connectivity index (χ1) is 8.70. The molecule has 0 saturated carbocycles. The van der Waals surface area contributed by atoms with Crippen LogP contribution in [0, 0.1) is 5.92 Å². The summed E-state index contributed by atoms with van der Waals surface area (Å²) in [5.74, 6) is 0.475. The van der Waals surface area contributed by atoms with Crippen LogP contribution in [0.25, 0.3) is 0 Å². The van der Waals surface area contributed by atoms with Crippen molar-refractivity contribution in [1.29, 1.82) is 0 Å². The molecule has 0 radical (unpaired) electrons. The van der Waals surface area contributed by atoms with Crippen molar-refractivity contribution in [2.75, 3.05) is 24.6 Å². The molecule has 1 fully saturated rings. The van der Waals surface area contributed by atoms with Crippen molar-refractivity contribution in [3.05, 3.63) is 11.1 Å². The zero-order valence-electron chi connectivity index (χ0n) is 11.0. The van der Waals surface area contributed by atoms with Gasteiger partial charge in [-0.3, -0.25) is 0 Å². The van der Waals surface area contributed by atoms with Crippen LogP contribution in [0.3, 0.4) is 0 Å². The Labute approximate surface area is 112 Å². The van der Waals surface area contributed by atoms with E-state index in [0.29, 0.717) is 12.3 Å². The normalized spacial score (nSPS) is 20.6. The van der Waals surface area contributed by atoms with Crippen molar-refractivity contribution in [1.82, 2.24) is 4.98 Å². The summed E-state index contributed by atoms with van der Waals surface area (Å²) in [6, 6.07) is 0. The van der Waals surface area contributed by atoms with Crippen LogP contribution in [0.5, 0.6) is 0 Å². The molecule has 1 atom stereocenters. The Morgan fingerprint density at radius 3 is 3.17 bits per heavy atom. The quantitative estimate of drug-likeness (QED) is 0.790. The minimum absolute atomic E-state index is 0.316. The Balaban J connectivity index is 2.02. The van der Waals surface area contributed by atoms with Crippen molar-refractivity contribution < 1.29 is 9.53 Å². The number of aromatic nitrogens is 1. The molecule has 1 aromatic heterocycles. The number of carbonyl (C=O) groups is 1. The second-order valence-corrected chi connectivity index (χ2v) is 5.60. The summed E-state index contributed by atoms with van der Waals surface area (Å²) >= 11 is 1.53. The number of thiazole rings is 1. The van der Waals surface area contributed by atoms with Gasteiger partial charge in [0.15, 0.2) is 10.8 Å². The van der Waals surface area contributed by atoms with E-state index in [2.05, 4.69) is 16.8 Å².